The third kappa shape index (κ3) is 3.53. The second kappa shape index (κ2) is 7.52. The SMILES string of the molecule is CNC(=O)CN1CCc2nc3cc(-c4cccc(F)c4)ccc3c(=O)n2CC1. The van der Waals surface area contributed by atoms with Crippen LogP contribution in [-0.2, 0) is 17.8 Å². The molecule has 0 spiro atoms. The van der Waals surface area contributed by atoms with E-state index in [1.165, 1.54) is 12.1 Å². The van der Waals surface area contributed by atoms with Gasteiger partial charge < -0.3 is 5.32 Å². The third-order valence-corrected chi connectivity index (χ3v) is 5.13. The molecule has 4 rings (SSSR count). The Morgan fingerprint density at radius 3 is 2.75 bits per heavy atom. The van der Waals surface area contributed by atoms with Crippen LogP contribution in [0.15, 0.2) is 47.3 Å². The van der Waals surface area contributed by atoms with E-state index >= 15 is 0 Å². The van der Waals surface area contributed by atoms with Crippen LogP contribution >= 0.6 is 0 Å². The molecule has 0 unspecified atom stereocenters. The van der Waals surface area contributed by atoms with Gasteiger partial charge in [0.05, 0.1) is 17.4 Å². The second-order valence-electron chi connectivity index (χ2n) is 6.93. The molecule has 144 valence electrons. The zero-order valence-electron chi connectivity index (χ0n) is 15.6. The van der Waals surface area contributed by atoms with Gasteiger partial charge in [-0.05, 0) is 35.4 Å². The summed E-state index contributed by atoms with van der Waals surface area (Å²) in [4.78, 5) is 31.4. The number of carbonyl (C=O) groups excluding carboxylic acids is 1. The van der Waals surface area contributed by atoms with Crippen molar-refractivity contribution in [3.8, 4) is 11.1 Å². The lowest BCUT2D eigenvalue weighted by molar-refractivity contribution is -0.121. The molecule has 3 aromatic rings. The lowest BCUT2D eigenvalue weighted by atomic mass is 10.0. The Labute approximate surface area is 161 Å². The van der Waals surface area contributed by atoms with E-state index in [4.69, 9.17) is 4.98 Å². The molecule has 0 atom stereocenters. The number of carbonyl (C=O) groups is 1. The summed E-state index contributed by atoms with van der Waals surface area (Å²) in [6, 6.07) is 11.8. The molecule has 1 aromatic heterocycles. The highest BCUT2D eigenvalue weighted by Gasteiger charge is 2.19. The Kier molecular flexibility index (Phi) is 4.92. The number of nitrogens with one attached hydrogen (secondary N) is 1. The Morgan fingerprint density at radius 2 is 1.96 bits per heavy atom. The molecule has 2 aromatic carbocycles. The van der Waals surface area contributed by atoms with Crippen LogP contribution in [0, 0.1) is 5.82 Å². The lowest BCUT2D eigenvalue weighted by Gasteiger charge is -2.17. The highest BCUT2D eigenvalue weighted by atomic mass is 19.1. The minimum atomic E-state index is -0.302. The van der Waals surface area contributed by atoms with Crippen LogP contribution in [0.1, 0.15) is 5.82 Å². The van der Waals surface area contributed by atoms with Crippen molar-refractivity contribution < 1.29 is 9.18 Å². The summed E-state index contributed by atoms with van der Waals surface area (Å²) >= 11 is 0. The highest BCUT2D eigenvalue weighted by molar-refractivity contribution is 5.83. The zero-order chi connectivity index (χ0) is 19.7. The fourth-order valence-corrected chi connectivity index (χ4v) is 3.59. The van der Waals surface area contributed by atoms with Crippen LogP contribution < -0.4 is 10.9 Å². The molecule has 1 N–H and O–H groups in total. The van der Waals surface area contributed by atoms with Crippen molar-refractivity contribution in [2.45, 2.75) is 13.0 Å². The number of halogens is 1. The molecule has 0 radical (unpaired) electrons. The van der Waals surface area contributed by atoms with Gasteiger partial charge >= 0.3 is 0 Å². The Balaban J connectivity index is 1.71. The second-order valence-corrected chi connectivity index (χ2v) is 6.93. The van der Waals surface area contributed by atoms with Crippen molar-refractivity contribution in [2.24, 2.45) is 0 Å². The predicted molar refractivity (Wildman–Crippen MR) is 106 cm³/mol. The first-order chi connectivity index (χ1) is 13.5. The number of benzene rings is 2. The van der Waals surface area contributed by atoms with Gasteiger partial charge in [0.2, 0.25) is 5.91 Å². The van der Waals surface area contributed by atoms with Gasteiger partial charge in [0.15, 0.2) is 0 Å². The third-order valence-electron chi connectivity index (χ3n) is 5.13. The average molecular weight is 380 g/mol. The van der Waals surface area contributed by atoms with Crippen molar-refractivity contribution in [3.05, 3.63) is 64.5 Å². The van der Waals surface area contributed by atoms with E-state index in [1.54, 1.807) is 23.7 Å². The fraction of sp³-hybridized carbons (Fsp3) is 0.286. The zero-order valence-corrected chi connectivity index (χ0v) is 15.6. The number of hydrogen-bond acceptors (Lipinski definition) is 4. The van der Waals surface area contributed by atoms with Gasteiger partial charge in [-0.15, -0.1) is 0 Å². The number of nitrogens with zero attached hydrogens (tertiary/aromatic N) is 3. The normalized spacial score (nSPS) is 14.5. The molecular formula is C21H21FN4O2. The molecule has 2 heterocycles. The molecule has 0 saturated heterocycles. The number of rotatable bonds is 3. The van der Waals surface area contributed by atoms with E-state index in [0.717, 1.165) is 11.1 Å². The topological polar surface area (TPSA) is 67.2 Å². The highest BCUT2D eigenvalue weighted by Crippen LogP contribution is 2.23. The molecule has 1 aliphatic heterocycles. The molecule has 0 fully saturated rings. The van der Waals surface area contributed by atoms with Crippen LogP contribution in [0.3, 0.4) is 0 Å². The van der Waals surface area contributed by atoms with Crippen LogP contribution in [0.5, 0.6) is 0 Å². The summed E-state index contributed by atoms with van der Waals surface area (Å²) in [7, 11) is 1.61. The molecule has 6 nitrogen and oxygen atoms in total. The largest absolute Gasteiger partial charge is 0.358 e. The van der Waals surface area contributed by atoms with Gasteiger partial charge in [0.1, 0.15) is 11.6 Å². The summed E-state index contributed by atoms with van der Waals surface area (Å²) in [6.45, 7) is 2.09. The summed E-state index contributed by atoms with van der Waals surface area (Å²) in [5.41, 5.74) is 2.10. The summed E-state index contributed by atoms with van der Waals surface area (Å²) in [5.74, 6) is 0.369. The quantitative estimate of drug-likeness (QED) is 0.753. The molecule has 1 aliphatic rings. The number of hydrogen-bond donors (Lipinski definition) is 1. The fourth-order valence-electron chi connectivity index (χ4n) is 3.59. The maximum Gasteiger partial charge on any atom is 0.261 e. The van der Waals surface area contributed by atoms with Crippen LogP contribution in [0.25, 0.3) is 22.0 Å². The smallest absolute Gasteiger partial charge is 0.261 e. The standard InChI is InChI=1S/C21H21FN4O2/c1-23-20(27)13-25-8-7-19-24-18-12-15(14-3-2-4-16(22)11-14)5-6-17(18)21(28)26(19)10-9-25/h2-6,11-12H,7-10,13H2,1H3,(H,23,27). The maximum absolute atomic E-state index is 13.6. The molecule has 28 heavy (non-hydrogen) atoms. The minimum absolute atomic E-state index is 0.0452. The Hall–Kier alpha value is -3.06. The van der Waals surface area contributed by atoms with E-state index in [9.17, 15) is 14.0 Å². The lowest BCUT2D eigenvalue weighted by Crippen LogP contribution is -2.37. The van der Waals surface area contributed by atoms with Crippen molar-refractivity contribution in [3.63, 3.8) is 0 Å². The summed E-state index contributed by atoms with van der Waals surface area (Å²) in [5, 5.41) is 3.17. The Bertz CT molecular complexity index is 1110. The van der Waals surface area contributed by atoms with Gasteiger partial charge in [-0.3, -0.25) is 19.1 Å². The Morgan fingerprint density at radius 1 is 1.14 bits per heavy atom. The molecular weight excluding hydrogens is 359 g/mol. The van der Waals surface area contributed by atoms with Crippen molar-refractivity contribution >= 4 is 16.8 Å². The first kappa shape index (κ1) is 18.3. The number of aromatic nitrogens is 2. The molecule has 1 amide bonds. The van der Waals surface area contributed by atoms with E-state index in [0.29, 0.717) is 49.3 Å². The average Bonchev–Trinajstić information content (AvgIpc) is 2.90. The van der Waals surface area contributed by atoms with Crippen LogP contribution in [0.4, 0.5) is 4.39 Å². The molecule has 7 heteroatoms. The molecule has 0 aliphatic carbocycles. The van der Waals surface area contributed by atoms with Crippen molar-refractivity contribution in [2.75, 3.05) is 26.7 Å². The van der Waals surface area contributed by atoms with Gasteiger partial charge in [-0.2, -0.15) is 0 Å². The van der Waals surface area contributed by atoms with Crippen molar-refractivity contribution in [1.82, 2.24) is 19.8 Å². The maximum atomic E-state index is 13.6. The first-order valence-electron chi connectivity index (χ1n) is 9.27. The van der Waals surface area contributed by atoms with E-state index in [1.807, 2.05) is 23.1 Å². The van der Waals surface area contributed by atoms with Gasteiger partial charge in [-0.1, -0.05) is 18.2 Å². The molecule has 0 saturated carbocycles. The van der Waals surface area contributed by atoms with Crippen molar-refractivity contribution in [1.29, 1.82) is 0 Å². The summed E-state index contributed by atoms with van der Waals surface area (Å²) in [6.07, 6.45) is 0.590. The monoisotopic (exact) mass is 380 g/mol. The number of likely N-dealkylation sites (N-methyl/N-ethyl adjacent to an activating group) is 1. The number of fused-ring (bicyclic) bond motifs is 2. The summed E-state index contributed by atoms with van der Waals surface area (Å²) < 4.78 is 15.3. The van der Waals surface area contributed by atoms with Crippen LogP contribution in [0.2, 0.25) is 0 Å². The van der Waals surface area contributed by atoms with Gasteiger partial charge in [0.25, 0.3) is 5.56 Å². The van der Waals surface area contributed by atoms with E-state index in [2.05, 4.69) is 5.32 Å². The predicted octanol–water partition coefficient (Wildman–Crippen LogP) is 1.81. The minimum Gasteiger partial charge on any atom is -0.358 e. The molecule has 0 bridgehead atoms. The van der Waals surface area contributed by atoms with E-state index < -0.39 is 0 Å². The van der Waals surface area contributed by atoms with Gasteiger partial charge in [0, 0.05) is 33.1 Å². The van der Waals surface area contributed by atoms with E-state index in [-0.39, 0.29) is 17.3 Å². The van der Waals surface area contributed by atoms with Gasteiger partial charge in [-0.25, -0.2) is 9.37 Å². The first-order valence-corrected chi connectivity index (χ1v) is 9.27. The van der Waals surface area contributed by atoms with Crippen LogP contribution in [-0.4, -0.2) is 47.0 Å². The number of amides is 1.